The van der Waals surface area contributed by atoms with Gasteiger partial charge in [-0.3, -0.25) is 0 Å². The fourth-order valence-corrected chi connectivity index (χ4v) is 2.10. The number of hydrogen-bond acceptors (Lipinski definition) is 3. The molecule has 1 aliphatic rings. The second-order valence-electron chi connectivity index (χ2n) is 4.31. The van der Waals surface area contributed by atoms with Crippen LogP contribution < -0.4 is 10.1 Å². The van der Waals surface area contributed by atoms with E-state index < -0.39 is 0 Å². The molecule has 2 rings (SSSR count). The Balaban J connectivity index is 2.12. The van der Waals surface area contributed by atoms with Gasteiger partial charge in [0.2, 0.25) is 0 Å². The van der Waals surface area contributed by atoms with Crippen LogP contribution in [0.2, 0.25) is 0 Å². The molecule has 17 heavy (non-hydrogen) atoms. The van der Waals surface area contributed by atoms with Crippen LogP contribution in [0.1, 0.15) is 11.1 Å². The van der Waals surface area contributed by atoms with Crippen LogP contribution in [0.25, 0.3) is 0 Å². The SMILES string of the molecule is COc1cc(F)c(C[C@@H]2CNCCO2)cc1C. The van der Waals surface area contributed by atoms with Gasteiger partial charge in [-0.25, -0.2) is 4.39 Å². The number of nitrogens with one attached hydrogen (secondary N) is 1. The van der Waals surface area contributed by atoms with Crippen molar-refractivity contribution < 1.29 is 13.9 Å². The molecule has 0 spiro atoms. The molecule has 0 unspecified atom stereocenters. The topological polar surface area (TPSA) is 30.5 Å². The predicted molar refractivity (Wildman–Crippen MR) is 64.0 cm³/mol. The molecule has 0 radical (unpaired) electrons. The zero-order valence-electron chi connectivity index (χ0n) is 10.3. The first-order chi connectivity index (χ1) is 8.20. The van der Waals surface area contributed by atoms with Crippen LogP contribution in [0.4, 0.5) is 4.39 Å². The third-order valence-corrected chi connectivity index (χ3v) is 3.02. The Hall–Kier alpha value is -1.13. The van der Waals surface area contributed by atoms with E-state index in [1.165, 1.54) is 6.07 Å². The Morgan fingerprint density at radius 1 is 1.53 bits per heavy atom. The number of methoxy groups -OCH3 is 1. The summed E-state index contributed by atoms with van der Waals surface area (Å²) in [6, 6.07) is 3.28. The lowest BCUT2D eigenvalue weighted by atomic mass is 10.0. The van der Waals surface area contributed by atoms with E-state index >= 15 is 0 Å². The summed E-state index contributed by atoms with van der Waals surface area (Å²) in [6.07, 6.45) is 0.662. The van der Waals surface area contributed by atoms with Crippen LogP contribution >= 0.6 is 0 Å². The molecule has 1 saturated heterocycles. The highest BCUT2D eigenvalue weighted by Crippen LogP contribution is 2.23. The quantitative estimate of drug-likeness (QED) is 0.870. The maximum absolute atomic E-state index is 13.8. The Morgan fingerprint density at radius 3 is 3.00 bits per heavy atom. The summed E-state index contributed by atoms with van der Waals surface area (Å²) < 4.78 is 24.5. The van der Waals surface area contributed by atoms with Gasteiger partial charge in [0.25, 0.3) is 0 Å². The van der Waals surface area contributed by atoms with Crippen LogP contribution in [-0.4, -0.2) is 32.9 Å². The van der Waals surface area contributed by atoms with Gasteiger partial charge in [0.15, 0.2) is 0 Å². The Labute approximate surface area is 101 Å². The lowest BCUT2D eigenvalue weighted by Crippen LogP contribution is -2.39. The number of rotatable bonds is 3. The number of benzene rings is 1. The van der Waals surface area contributed by atoms with E-state index in [-0.39, 0.29) is 11.9 Å². The maximum atomic E-state index is 13.8. The number of aryl methyl sites for hydroxylation is 1. The summed E-state index contributed by atoms with van der Waals surface area (Å²) >= 11 is 0. The van der Waals surface area contributed by atoms with Crippen LogP contribution in [0.3, 0.4) is 0 Å². The van der Waals surface area contributed by atoms with E-state index in [0.717, 1.165) is 18.7 Å². The first-order valence-corrected chi connectivity index (χ1v) is 5.86. The van der Waals surface area contributed by atoms with Crippen molar-refractivity contribution in [2.75, 3.05) is 26.8 Å². The van der Waals surface area contributed by atoms with Gasteiger partial charge in [-0.2, -0.15) is 0 Å². The maximum Gasteiger partial charge on any atom is 0.130 e. The van der Waals surface area contributed by atoms with Crippen molar-refractivity contribution in [3.05, 3.63) is 29.1 Å². The molecule has 1 aromatic rings. The molecule has 1 fully saturated rings. The fourth-order valence-electron chi connectivity index (χ4n) is 2.10. The minimum atomic E-state index is -0.221. The highest BCUT2D eigenvalue weighted by atomic mass is 19.1. The van der Waals surface area contributed by atoms with Crippen molar-refractivity contribution in [3.63, 3.8) is 0 Å². The van der Waals surface area contributed by atoms with Crippen molar-refractivity contribution in [2.24, 2.45) is 0 Å². The molecule has 0 amide bonds. The summed E-state index contributed by atoms with van der Waals surface area (Å²) in [5.41, 5.74) is 1.64. The monoisotopic (exact) mass is 239 g/mol. The standard InChI is InChI=1S/C13H18FNO2/c1-9-5-10(12(14)7-13(9)16-2)6-11-8-15-3-4-17-11/h5,7,11,15H,3-4,6,8H2,1-2H3/t11-/m1/s1. The third kappa shape index (κ3) is 2.96. The third-order valence-electron chi connectivity index (χ3n) is 3.02. The Kier molecular flexibility index (Phi) is 3.97. The van der Waals surface area contributed by atoms with Gasteiger partial charge in [0, 0.05) is 25.6 Å². The van der Waals surface area contributed by atoms with E-state index in [1.54, 1.807) is 7.11 Å². The number of hydrogen-bond donors (Lipinski definition) is 1. The van der Waals surface area contributed by atoms with E-state index in [4.69, 9.17) is 9.47 Å². The van der Waals surface area contributed by atoms with Gasteiger partial charge in [-0.15, -0.1) is 0 Å². The zero-order valence-corrected chi connectivity index (χ0v) is 10.3. The summed E-state index contributed by atoms with van der Waals surface area (Å²) in [4.78, 5) is 0. The summed E-state index contributed by atoms with van der Waals surface area (Å²) in [7, 11) is 1.55. The minimum Gasteiger partial charge on any atom is -0.496 e. The van der Waals surface area contributed by atoms with Gasteiger partial charge in [-0.05, 0) is 24.1 Å². The van der Waals surface area contributed by atoms with Gasteiger partial charge in [0.05, 0.1) is 19.8 Å². The van der Waals surface area contributed by atoms with E-state index in [1.807, 2.05) is 13.0 Å². The molecule has 0 aromatic heterocycles. The molecule has 1 heterocycles. The smallest absolute Gasteiger partial charge is 0.130 e. The van der Waals surface area contributed by atoms with Crippen molar-refractivity contribution >= 4 is 0 Å². The molecule has 0 aliphatic carbocycles. The van der Waals surface area contributed by atoms with Crippen LogP contribution in [-0.2, 0) is 11.2 Å². The average Bonchev–Trinajstić information content (AvgIpc) is 2.34. The minimum absolute atomic E-state index is 0.0612. The first kappa shape index (κ1) is 12.3. The van der Waals surface area contributed by atoms with Gasteiger partial charge >= 0.3 is 0 Å². The lowest BCUT2D eigenvalue weighted by Gasteiger charge is -2.24. The second-order valence-corrected chi connectivity index (χ2v) is 4.31. The first-order valence-electron chi connectivity index (χ1n) is 5.86. The number of halogens is 1. The molecule has 1 N–H and O–H groups in total. The van der Waals surface area contributed by atoms with Crippen molar-refractivity contribution in [2.45, 2.75) is 19.4 Å². The number of ether oxygens (including phenoxy) is 2. The van der Waals surface area contributed by atoms with E-state index in [2.05, 4.69) is 5.32 Å². The Bertz CT molecular complexity index is 389. The normalized spacial score (nSPS) is 20.3. The molecule has 1 aromatic carbocycles. The fraction of sp³-hybridized carbons (Fsp3) is 0.538. The van der Waals surface area contributed by atoms with Gasteiger partial charge in [-0.1, -0.05) is 0 Å². The van der Waals surface area contributed by atoms with Gasteiger partial charge < -0.3 is 14.8 Å². The molecule has 1 aliphatic heterocycles. The number of morpholine rings is 1. The molecule has 0 bridgehead atoms. The highest BCUT2D eigenvalue weighted by Gasteiger charge is 2.17. The predicted octanol–water partition coefficient (Wildman–Crippen LogP) is 1.67. The van der Waals surface area contributed by atoms with Crippen molar-refractivity contribution in [1.29, 1.82) is 0 Å². The second kappa shape index (κ2) is 5.47. The average molecular weight is 239 g/mol. The van der Waals surface area contributed by atoms with Gasteiger partial charge in [0.1, 0.15) is 11.6 Å². The van der Waals surface area contributed by atoms with E-state index in [9.17, 15) is 4.39 Å². The summed E-state index contributed by atoms with van der Waals surface area (Å²) in [5.74, 6) is 0.371. The van der Waals surface area contributed by atoms with Crippen molar-refractivity contribution in [1.82, 2.24) is 5.32 Å². The van der Waals surface area contributed by atoms with Crippen LogP contribution in [0, 0.1) is 12.7 Å². The molecule has 1 atom stereocenters. The molecule has 0 saturated carbocycles. The molecular weight excluding hydrogens is 221 g/mol. The zero-order chi connectivity index (χ0) is 12.3. The molecule has 94 valence electrons. The molecule has 4 heteroatoms. The molecular formula is C13H18FNO2. The Morgan fingerprint density at radius 2 is 2.35 bits per heavy atom. The van der Waals surface area contributed by atoms with Crippen LogP contribution in [0.15, 0.2) is 12.1 Å². The van der Waals surface area contributed by atoms with E-state index in [0.29, 0.717) is 24.3 Å². The molecule has 3 nitrogen and oxygen atoms in total. The summed E-state index contributed by atoms with van der Waals surface area (Å²) in [5, 5.41) is 3.24. The van der Waals surface area contributed by atoms with Crippen LogP contribution in [0.5, 0.6) is 5.75 Å². The highest BCUT2D eigenvalue weighted by molar-refractivity contribution is 5.37. The summed E-state index contributed by atoms with van der Waals surface area (Å²) in [6.45, 7) is 4.27. The lowest BCUT2D eigenvalue weighted by molar-refractivity contribution is 0.0287. The largest absolute Gasteiger partial charge is 0.496 e. The van der Waals surface area contributed by atoms with Crippen molar-refractivity contribution in [3.8, 4) is 5.75 Å².